The lowest BCUT2D eigenvalue weighted by Crippen LogP contribution is -2.53. The average Bonchev–Trinajstić information content (AvgIpc) is 2.88. The van der Waals surface area contributed by atoms with Crippen molar-refractivity contribution in [1.82, 2.24) is 4.90 Å². The number of hydrogen-bond donors (Lipinski definition) is 2. The van der Waals surface area contributed by atoms with Gasteiger partial charge in [0, 0.05) is 12.7 Å². The van der Waals surface area contributed by atoms with Gasteiger partial charge in [0.25, 0.3) is 0 Å². The third kappa shape index (κ3) is 3.82. The molecule has 1 aliphatic rings. The minimum Gasteiger partial charge on any atom is -0.335 e. The Morgan fingerprint density at radius 1 is 1.24 bits per heavy atom. The van der Waals surface area contributed by atoms with Crippen LogP contribution in [-0.4, -0.2) is 35.8 Å². The van der Waals surface area contributed by atoms with Crippen LogP contribution in [0.5, 0.6) is 0 Å². The molecule has 1 aromatic rings. The van der Waals surface area contributed by atoms with Crippen molar-refractivity contribution in [3.05, 3.63) is 29.8 Å². The number of hydrogen-bond acceptors (Lipinski definition) is 3. The van der Waals surface area contributed by atoms with E-state index in [1.807, 2.05) is 31.2 Å². The van der Waals surface area contributed by atoms with Crippen molar-refractivity contribution in [3.8, 4) is 0 Å². The smallest absolute Gasteiger partial charge is 0.243 e. The molecule has 114 valence electrons. The molecular formula is C16H23N3O2. The van der Waals surface area contributed by atoms with E-state index in [2.05, 4.69) is 5.32 Å². The van der Waals surface area contributed by atoms with E-state index in [4.69, 9.17) is 5.73 Å². The second-order valence-corrected chi connectivity index (χ2v) is 5.94. The maximum absolute atomic E-state index is 12.3. The molecule has 0 heterocycles. The average molecular weight is 289 g/mol. The Balaban J connectivity index is 1.89. The lowest BCUT2D eigenvalue weighted by atomic mass is 9.97. The second-order valence-electron chi connectivity index (χ2n) is 5.94. The van der Waals surface area contributed by atoms with Gasteiger partial charge in [-0.25, -0.2) is 0 Å². The molecule has 0 radical (unpaired) electrons. The van der Waals surface area contributed by atoms with E-state index in [-0.39, 0.29) is 18.4 Å². The van der Waals surface area contributed by atoms with Crippen molar-refractivity contribution >= 4 is 17.5 Å². The first-order valence-electron chi connectivity index (χ1n) is 7.32. The number of amides is 2. The summed E-state index contributed by atoms with van der Waals surface area (Å²) < 4.78 is 0. The van der Waals surface area contributed by atoms with Gasteiger partial charge in [0.2, 0.25) is 11.8 Å². The lowest BCUT2D eigenvalue weighted by molar-refractivity contribution is -0.138. The molecule has 0 unspecified atom stereocenters. The summed E-state index contributed by atoms with van der Waals surface area (Å²) in [7, 11) is 1.63. The zero-order valence-corrected chi connectivity index (χ0v) is 12.7. The molecule has 0 aromatic heterocycles. The van der Waals surface area contributed by atoms with Crippen LogP contribution < -0.4 is 11.1 Å². The fourth-order valence-electron chi connectivity index (χ4n) is 2.72. The Kier molecular flexibility index (Phi) is 4.63. The summed E-state index contributed by atoms with van der Waals surface area (Å²) in [6.07, 6.45) is 3.36. The number of anilines is 1. The van der Waals surface area contributed by atoms with Crippen LogP contribution in [0, 0.1) is 6.92 Å². The van der Waals surface area contributed by atoms with Crippen LogP contribution in [-0.2, 0) is 9.59 Å². The van der Waals surface area contributed by atoms with Crippen LogP contribution in [0.4, 0.5) is 5.69 Å². The van der Waals surface area contributed by atoms with E-state index in [0.29, 0.717) is 12.8 Å². The molecule has 3 N–H and O–H groups in total. The number of nitrogens with one attached hydrogen (secondary N) is 1. The number of likely N-dealkylation sites (N-methyl/N-ethyl adjacent to an activating group) is 1. The zero-order valence-electron chi connectivity index (χ0n) is 12.7. The van der Waals surface area contributed by atoms with Gasteiger partial charge >= 0.3 is 0 Å². The molecule has 1 aromatic carbocycles. The predicted molar refractivity (Wildman–Crippen MR) is 82.8 cm³/mol. The topological polar surface area (TPSA) is 75.4 Å². The van der Waals surface area contributed by atoms with Crippen molar-refractivity contribution in [2.45, 2.75) is 38.1 Å². The fourth-order valence-corrected chi connectivity index (χ4v) is 2.72. The molecule has 1 saturated carbocycles. The Morgan fingerprint density at radius 3 is 2.38 bits per heavy atom. The van der Waals surface area contributed by atoms with Crippen LogP contribution in [0.15, 0.2) is 24.3 Å². The van der Waals surface area contributed by atoms with Gasteiger partial charge in [0.15, 0.2) is 0 Å². The van der Waals surface area contributed by atoms with Crippen molar-refractivity contribution in [2.75, 3.05) is 18.9 Å². The molecule has 1 fully saturated rings. The van der Waals surface area contributed by atoms with E-state index < -0.39 is 5.54 Å². The number of rotatable bonds is 4. The molecule has 0 aliphatic heterocycles. The first-order chi connectivity index (χ1) is 9.90. The second kappa shape index (κ2) is 6.26. The molecule has 5 heteroatoms. The van der Waals surface area contributed by atoms with Crippen LogP contribution in [0.1, 0.15) is 31.2 Å². The van der Waals surface area contributed by atoms with Crippen LogP contribution in [0.3, 0.4) is 0 Å². The summed E-state index contributed by atoms with van der Waals surface area (Å²) in [6, 6.07) is 7.54. The van der Waals surface area contributed by atoms with E-state index in [9.17, 15) is 9.59 Å². The molecule has 5 nitrogen and oxygen atoms in total. The van der Waals surface area contributed by atoms with Gasteiger partial charge in [-0.15, -0.1) is 0 Å². The van der Waals surface area contributed by atoms with Gasteiger partial charge in [-0.2, -0.15) is 0 Å². The SMILES string of the molecule is Cc1ccc(NC(=O)CN(C)C(=O)C2(N)CCCC2)cc1. The van der Waals surface area contributed by atoms with E-state index in [0.717, 1.165) is 24.1 Å². The highest BCUT2D eigenvalue weighted by atomic mass is 16.2. The van der Waals surface area contributed by atoms with Gasteiger partial charge in [0.05, 0.1) is 12.1 Å². The van der Waals surface area contributed by atoms with Crippen molar-refractivity contribution < 1.29 is 9.59 Å². The van der Waals surface area contributed by atoms with Gasteiger partial charge in [-0.3, -0.25) is 9.59 Å². The molecular weight excluding hydrogens is 266 g/mol. The van der Waals surface area contributed by atoms with Gasteiger partial charge in [-0.1, -0.05) is 30.5 Å². The van der Waals surface area contributed by atoms with Gasteiger partial charge in [0.1, 0.15) is 0 Å². The first kappa shape index (κ1) is 15.5. The summed E-state index contributed by atoms with van der Waals surface area (Å²) in [5.74, 6) is -0.352. The highest BCUT2D eigenvalue weighted by Gasteiger charge is 2.39. The molecule has 1 aliphatic carbocycles. The quantitative estimate of drug-likeness (QED) is 0.885. The maximum Gasteiger partial charge on any atom is 0.243 e. The molecule has 21 heavy (non-hydrogen) atoms. The van der Waals surface area contributed by atoms with E-state index in [1.54, 1.807) is 7.05 Å². The first-order valence-corrected chi connectivity index (χ1v) is 7.32. The van der Waals surface area contributed by atoms with Crippen LogP contribution in [0.2, 0.25) is 0 Å². The molecule has 2 amide bonds. The molecule has 0 saturated heterocycles. The lowest BCUT2D eigenvalue weighted by Gasteiger charge is -2.28. The van der Waals surface area contributed by atoms with Gasteiger partial charge < -0.3 is 16.0 Å². The van der Waals surface area contributed by atoms with E-state index in [1.165, 1.54) is 4.90 Å². The number of nitrogens with two attached hydrogens (primary N) is 1. The Bertz CT molecular complexity index is 519. The normalized spacial score (nSPS) is 16.5. The minimum atomic E-state index is -0.779. The van der Waals surface area contributed by atoms with Crippen LogP contribution >= 0.6 is 0 Å². The summed E-state index contributed by atoms with van der Waals surface area (Å²) >= 11 is 0. The third-order valence-electron chi connectivity index (χ3n) is 3.98. The van der Waals surface area contributed by atoms with Crippen LogP contribution in [0.25, 0.3) is 0 Å². The largest absolute Gasteiger partial charge is 0.335 e. The number of nitrogens with zero attached hydrogens (tertiary/aromatic N) is 1. The Labute approximate surface area is 125 Å². The summed E-state index contributed by atoms with van der Waals surface area (Å²) in [4.78, 5) is 25.7. The van der Waals surface area contributed by atoms with Crippen molar-refractivity contribution in [2.24, 2.45) is 5.73 Å². The third-order valence-corrected chi connectivity index (χ3v) is 3.98. The highest BCUT2D eigenvalue weighted by Crippen LogP contribution is 2.28. The molecule has 0 atom stereocenters. The molecule has 0 spiro atoms. The van der Waals surface area contributed by atoms with E-state index >= 15 is 0 Å². The minimum absolute atomic E-state index is 0.0195. The van der Waals surface area contributed by atoms with Crippen molar-refractivity contribution in [1.29, 1.82) is 0 Å². The zero-order chi connectivity index (χ0) is 15.5. The number of aryl methyl sites for hydroxylation is 1. The molecule has 0 bridgehead atoms. The number of carbonyl (C=O) groups excluding carboxylic acids is 2. The highest BCUT2D eigenvalue weighted by molar-refractivity contribution is 5.96. The van der Waals surface area contributed by atoms with Crippen molar-refractivity contribution in [3.63, 3.8) is 0 Å². The summed E-state index contributed by atoms with van der Waals surface area (Å²) in [5, 5.41) is 2.78. The standard InChI is InChI=1S/C16H23N3O2/c1-12-5-7-13(8-6-12)18-14(20)11-19(2)15(21)16(17)9-3-4-10-16/h5-8H,3-4,9-11,17H2,1-2H3,(H,18,20). The maximum atomic E-state index is 12.3. The predicted octanol–water partition coefficient (Wildman–Crippen LogP) is 1.66. The molecule has 2 rings (SSSR count). The fraction of sp³-hybridized carbons (Fsp3) is 0.500. The summed E-state index contributed by atoms with van der Waals surface area (Å²) in [6.45, 7) is 2.01. The summed E-state index contributed by atoms with van der Waals surface area (Å²) in [5.41, 5.74) is 7.21. The Morgan fingerprint density at radius 2 is 1.81 bits per heavy atom. The number of benzene rings is 1. The number of carbonyl (C=O) groups is 2. The van der Waals surface area contributed by atoms with Gasteiger partial charge in [-0.05, 0) is 31.9 Å². The monoisotopic (exact) mass is 289 g/mol. The Hall–Kier alpha value is -1.88.